The summed E-state index contributed by atoms with van der Waals surface area (Å²) >= 11 is 0. The average molecular weight is 274 g/mol. The molecule has 5 nitrogen and oxygen atoms in total. The van der Waals surface area contributed by atoms with Crippen molar-refractivity contribution in [2.45, 2.75) is 60.8 Å². The first-order chi connectivity index (χ1) is 8.41. The molecular formula is C14H30N2O3. The van der Waals surface area contributed by atoms with Crippen LogP contribution < -0.4 is 11.0 Å². The maximum Gasteiger partial charge on any atom is 0.243 e. The average Bonchev–Trinajstić information content (AvgIpc) is 2.23. The van der Waals surface area contributed by atoms with E-state index in [9.17, 15) is 4.79 Å². The van der Waals surface area contributed by atoms with Gasteiger partial charge in [0.25, 0.3) is 0 Å². The summed E-state index contributed by atoms with van der Waals surface area (Å²) in [5, 5.41) is 16.5. The lowest BCUT2D eigenvalue weighted by atomic mass is 9.90. The molecule has 0 unspecified atom stereocenters. The number of amides is 1. The summed E-state index contributed by atoms with van der Waals surface area (Å²) in [7, 11) is 0. The Bertz CT molecular complexity index is 275. The molecular weight excluding hydrogens is 244 g/mol. The molecule has 5 heteroatoms. The highest BCUT2D eigenvalue weighted by molar-refractivity contribution is 5.75. The molecule has 4 N–H and O–H groups in total. The largest absolute Gasteiger partial charge is 0.291 e. The number of nitrogens with one attached hydrogen (secondary N) is 2. The van der Waals surface area contributed by atoms with E-state index >= 15 is 0 Å². The summed E-state index contributed by atoms with van der Waals surface area (Å²) in [5.74, 6) is -0.331. The van der Waals surface area contributed by atoms with E-state index in [-0.39, 0.29) is 11.3 Å². The van der Waals surface area contributed by atoms with Gasteiger partial charge >= 0.3 is 0 Å². The molecule has 0 spiro atoms. The van der Waals surface area contributed by atoms with Crippen LogP contribution in [0.2, 0.25) is 0 Å². The van der Waals surface area contributed by atoms with Gasteiger partial charge in [0.05, 0.1) is 0 Å². The molecule has 0 aliphatic rings. The van der Waals surface area contributed by atoms with Crippen molar-refractivity contribution in [3.63, 3.8) is 0 Å². The van der Waals surface area contributed by atoms with E-state index in [1.54, 1.807) is 5.48 Å². The normalized spacial score (nSPS) is 11.2. The Balaban J connectivity index is 0. The molecule has 0 aromatic carbocycles. The molecule has 0 rings (SSSR count). The summed E-state index contributed by atoms with van der Waals surface area (Å²) in [4.78, 5) is 10.5. The summed E-state index contributed by atoms with van der Waals surface area (Å²) in [5.41, 5.74) is 4.59. The van der Waals surface area contributed by atoms with Crippen LogP contribution in [0.15, 0.2) is 12.3 Å². The van der Waals surface area contributed by atoms with Crippen molar-refractivity contribution in [1.29, 1.82) is 0 Å². The Morgan fingerprint density at radius 3 is 1.68 bits per heavy atom. The highest BCUT2D eigenvalue weighted by Gasteiger charge is 2.14. The van der Waals surface area contributed by atoms with Gasteiger partial charge in [0.1, 0.15) is 0 Å². The second-order valence-corrected chi connectivity index (χ2v) is 7.05. The highest BCUT2D eigenvalue weighted by atomic mass is 16.5. The number of carbonyl (C=O) groups excluding carboxylic acids is 1. The molecule has 114 valence electrons. The molecule has 0 aliphatic heterocycles. The van der Waals surface area contributed by atoms with Crippen LogP contribution in [0, 0.1) is 10.8 Å². The van der Waals surface area contributed by atoms with Gasteiger partial charge in [0.2, 0.25) is 5.91 Å². The first-order valence-corrected chi connectivity index (χ1v) is 6.42. The van der Waals surface area contributed by atoms with Gasteiger partial charge in [-0.25, -0.2) is 5.48 Å². The molecule has 0 aromatic heterocycles. The van der Waals surface area contributed by atoms with Crippen molar-refractivity contribution in [3.05, 3.63) is 12.3 Å². The molecule has 0 saturated heterocycles. The monoisotopic (exact) mass is 274 g/mol. The molecule has 0 aliphatic carbocycles. The summed E-state index contributed by atoms with van der Waals surface area (Å²) in [6.07, 6.45) is 2.23. The molecule has 0 aromatic rings. The number of hydrogen-bond donors (Lipinski definition) is 4. The van der Waals surface area contributed by atoms with Crippen LogP contribution in [0.3, 0.4) is 0 Å². The van der Waals surface area contributed by atoms with Crippen molar-refractivity contribution in [3.8, 4) is 0 Å². The van der Waals surface area contributed by atoms with Gasteiger partial charge in [-0.1, -0.05) is 48.1 Å². The van der Waals surface area contributed by atoms with Crippen molar-refractivity contribution in [2.75, 3.05) is 0 Å². The summed E-state index contributed by atoms with van der Waals surface area (Å²) in [6, 6.07) is 0. The Hall–Kier alpha value is -1.07. The third-order valence-electron chi connectivity index (χ3n) is 2.15. The maximum absolute atomic E-state index is 10.5. The SMILES string of the molecule is C=C(CCC(C)(C)C)NO.CC(C)(C)CC(=O)NO. The number of hydroxylamine groups is 2. The van der Waals surface area contributed by atoms with Crippen LogP contribution in [-0.4, -0.2) is 16.3 Å². The van der Waals surface area contributed by atoms with Gasteiger partial charge in [0, 0.05) is 12.1 Å². The van der Waals surface area contributed by atoms with Gasteiger partial charge in [-0.2, -0.15) is 0 Å². The number of allylic oxidation sites excluding steroid dienone is 1. The predicted molar refractivity (Wildman–Crippen MR) is 76.8 cm³/mol. The molecule has 0 saturated carbocycles. The zero-order chi connectivity index (χ0) is 15.7. The number of carbonyl (C=O) groups is 1. The third-order valence-corrected chi connectivity index (χ3v) is 2.15. The van der Waals surface area contributed by atoms with Gasteiger partial charge in [-0.05, 0) is 23.7 Å². The third kappa shape index (κ3) is 19.4. The first-order valence-electron chi connectivity index (χ1n) is 6.42. The van der Waals surface area contributed by atoms with Crippen LogP contribution in [0.1, 0.15) is 60.8 Å². The van der Waals surface area contributed by atoms with E-state index in [2.05, 4.69) is 27.4 Å². The minimum absolute atomic E-state index is 0.0488. The van der Waals surface area contributed by atoms with Crippen LogP contribution in [0.5, 0.6) is 0 Å². The van der Waals surface area contributed by atoms with Crippen LogP contribution >= 0.6 is 0 Å². The second kappa shape index (κ2) is 8.93. The van der Waals surface area contributed by atoms with E-state index < -0.39 is 0 Å². The fourth-order valence-corrected chi connectivity index (χ4v) is 1.10. The lowest BCUT2D eigenvalue weighted by Gasteiger charge is -2.17. The van der Waals surface area contributed by atoms with Crippen LogP contribution in [0.4, 0.5) is 0 Å². The standard InChI is InChI=1S/C8H17NO.C6H13NO2/c1-7(9-10)5-6-8(2,3)4;1-6(2,3)4-5(8)7-9/h9-10H,1,5-6H2,2-4H3;9H,4H2,1-3H3,(H,7,8). The molecule has 0 fully saturated rings. The zero-order valence-corrected chi connectivity index (χ0v) is 13.1. The topological polar surface area (TPSA) is 81.6 Å². The van der Waals surface area contributed by atoms with Gasteiger partial charge in [-0.15, -0.1) is 0 Å². The molecule has 0 radical (unpaired) electrons. The lowest BCUT2D eigenvalue weighted by molar-refractivity contribution is -0.131. The molecule has 0 bridgehead atoms. The Kier molecular flexibility index (Phi) is 9.52. The first kappa shape index (κ1) is 20.3. The van der Waals surface area contributed by atoms with E-state index in [0.717, 1.165) is 12.8 Å². The Labute approximate surface area is 117 Å². The van der Waals surface area contributed by atoms with Crippen molar-refractivity contribution in [1.82, 2.24) is 11.0 Å². The Morgan fingerprint density at radius 1 is 1.00 bits per heavy atom. The van der Waals surface area contributed by atoms with Crippen LogP contribution in [-0.2, 0) is 4.79 Å². The van der Waals surface area contributed by atoms with E-state index in [1.165, 1.54) is 0 Å². The zero-order valence-electron chi connectivity index (χ0n) is 13.1. The molecule has 1 amide bonds. The number of hydrogen-bond acceptors (Lipinski definition) is 4. The van der Waals surface area contributed by atoms with Crippen molar-refractivity contribution < 1.29 is 15.2 Å². The summed E-state index contributed by atoms with van der Waals surface area (Å²) < 4.78 is 0. The lowest BCUT2D eigenvalue weighted by Crippen LogP contribution is -2.24. The Morgan fingerprint density at radius 2 is 1.47 bits per heavy atom. The fourth-order valence-electron chi connectivity index (χ4n) is 1.10. The fraction of sp³-hybridized carbons (Fsp3) is 0.786. The molecule has 0 atom stereocenters. The van der Waals surface area contributed by atoms with Crippen molar-refractivity contribution >= 4 is 5.91 Å². The summed E-state index contributed by atoms with van der Waals surface area (Å²) in [6.45, 7) is 15.9. The van der Waals surface area contributed by atoms with Crippen molar-refractivity contribution in [2.24, 2.45) is 10.8 Å². The quantitative estimate of drug-likeness (QED) is 0.468. The van der Waals surface area contributed by atoms with Crippen LogP contribution in [0.25, 0.3) is 0 Å². The van der Waals surface area contributed by atoms with E-state index in [0.29, 0.717) is 17.5 Å². The van der Waals surface area contributed by atoms with E-state index in [4.69, 9.17) is 10.4 Å². The van der Waals surface area contributed by atoms with Gasteiger partial charge in [0.15, 0.2) is 0 Å². The maximum atomic E-state index is 10.5. The minimum Gasteiger partial charge on any atom is -0.291 e. The predicted octanol–water partition coefficient (Wildman–Crippen LogP) is 3.23. The van der Waals surface area contributed by atoms with Gasteiger partial charge < -0.3 is 0 Å². The highest BCUT2D eigenvalue weighted by Crippen LogP contribution is 2.21. The molecule has 0 heterocycles. The minimum atomic E-state index is -0.331. The van der Waals surface area contributed by atoms with E-state index in [1.807, 2.05) is 26.3 Å². The molecule has 19 heavy (non-hydrogen) atoms. The smallest absolute Gasteiger partial charge is 0.243 e. The van der Waals surface area contributed by atoms with Gasteiger partial charge in [-0.3, -0.25) is 20.7 Å². The second-order valence-electron chi connectivity index (χ2n) is 7.05. The number of rotatable bonds is 4.